The van der Waals surface area contributed by atoms with Crippen LogP contribution in [0.25, 0.3) is 0 Å². The minimum Gasteiger partial charge on any atom is -0.392 e. The summed E-state index contributed by atoms with van der Waals surface area (Å²) in [6.45, 7) is 3.64. The molecule has 0 fully saturated rings. The summed E-state index contributed by atoms with van der Waals surface area (Å²) in [4.78, 5) is 23.1. The molecule has 0 aliphatic heterocycles. The van der Waals surface area contributed by atoms with Gasteiger partial charge < -0.3 is 16.4 Å². The Kier molecular flexibility index (Phi) is 5.95. The van der Waals surface area contributed by atoms with Gasteiger partial charge in [-0.05, 0) is 12.8 Å². The van der Waals surface area contributed by atoms with Crippen molar-refractivity contribution in [1.82, 2.24) is 10.6 Å². The maximum Gasteiger partial charge on any atom is 0.239 e. The molecular formula is C10H19N3O2S. The average molecular weight is 245 g/mol. The van der Waals surface area contributed by atoms with E-state index >= 15 is 0 Å². The maximum atomic E-state index is 11.9. The molecule has 0 heterocycles. The first-order valence-electron chi connectivity index (χ1n) is 5.23. The van der Waals surface area contributed by atoms with Crippen molar-refractivity contribution in [3.63, 3.8) is 0 Å². The molecule has 0 spiro atoms. The van der Waals surface area contributed by atoms with E-state index in [0.29, 0.717) is 12.8 Å². The summed E-state index contributed by atoms with van der Waals surface area (Å²) in [5, 5.41) is 4.96. The number of thiocarbonyl (C=S) groups is 1. The summed E-state index contributed by atoms with van der Waals surface area (Å²) in [5.74, 6) is -0.536. The lowest BCUT2D eigenvalue weighted by molar-refractivity contribution is -0.130. The zero-order chi connectivity index (χ0) is 12.8. The molecule has 0 aromatic rings. The summed E-state index contributed by atoms with van der Waals surface area (Å²) in [5.41, 5.74) is 4.76. The van der Waals surface area contributed by atoms with Crippen LogP contribution >= 0.6 is 12.2 Å². The summed E-state index contributed by atoms with van der Waals surface area (Å²) in [6, 6.07) is 0. The van der Waals surface area contributed by atoms with E-state index in [1.165, 1.54) is 7.05 Å². The molecule has 0 aliphatic carbocycles. The van der Waals surface area contributed by atoms with Gasteiger partial charge in [-0.25, -0.2) is 0 Å². The van der Waals surface area contributed by atoms with Crippen LogP contribution in [0.3, 0.4) is 0 Å². The Balaban J connectivity index is 4.64. The van der Waals surface area contributed by atoms with Crippen LogP contribution in [0.2, 0.25) is 0 Å². The number of nitrogens with two attached hydrogens (primary N) is 1. The summed E-state index contributed by atoms with van der Waals surface area (Å²) < 4.78 is 0. The summed E-state index contributed by atoms with van der Waals surface area (Å²) >= 11 is 4.93. The summed E-state index contributed by atoms with van der Waals surface area (Å²) in [7, 11) is 1.51. The molecule has 0 atom stereocenters. The van der Waals surface area contributed by atoms with Gasteiger partial charge in [0, 0.05) is 7.05 Å². The molecule has 0 aromatic carbocycles. The molecule has 92 valence electrons. The highest BCUT2D eigenvalue weighted by Crippen LogP contribution is 2.26. The normalized spacial score (nSPS) is 10.7. The number of carbonyl (C=O) groups is 2. The van der Waals surface area contributed by atoms with Crippen molar-refractivity contribution in [3.05, 3.63) is 0 Å². The number of likely N-dealkylation sites (N-methyl/N-ethyl adjacent to an activating group) is 1. The molecule has 16 heavy (non-hydrogen) atoms. The van der Waals surface area contributed by atoms with E-state index in [1.807, 2.05) is 13.8 Å². The minimum absolute atomic E-state index is 0.0559. The molecule has 2 amide bonds. The average Bonchev–Trinajstić information content (AvgIpc) is 2.27. The lowest BCUT2D eigenvalue weighted by Gasteiger charge is -2.28. The predicted molar refractivity (Wildman–Crippen MR) is 66.9 cm³/mol. The highest BCUT2D eigenvalue weighted by Gasteiger charge is 2.37. The highest BCUT2D eigenvalue weighted by molar-refractivity contribution is 7.80. The Morgan fingerprint density at radius 3 is 2.12 bits per heavy atom. The standard InChI is InChI=1S/C10H19N3O2S/c1-4-10(5-2,8(11)16)9(15)13-6-7(14)12-3/h4-6H2,1-3H3,(H2,11,16)(H,12,14)(H,13,15). The molecule has 0 radical (unpaired) electrons. The number of hydrogen-bond donors (Lipinski definition) is 3. The Morgan fingerprint density at radius 1 is 1.31 bits per heavy atom. The van der Waals surface area contributed by atoms with Gasteiger partial charge in [-0.1, -0.05) is 26.1 Å². The van der Waals surface area contributed by atoms with E-state index in [2.05, 4.69) is 10.6 Å². The SMILES string of the molecule is CCC(CC)(C(=O)NCC(=O)NC)C(N)=S. The van der Waals surface area contributed by atoms with Crippen molar-refractivity contribution in [3.8, 4) is 0 Å². The maximum absolute atomic E-state index is 11.9. The Morgan fingerprint density at radius 2 is 1.81 bits per heavy atom. The van der Waals surface area contributed by atoms with E-state index in [9.17, 15) is 9.59 Å². The van der Waals surface area contributed by atoms with Crippen molar-refractivity contribution in [2.24, 2.45) is 11.1 Å². The third-order valence-electron chi connectivity index (χ3n) is 2.80. The molecule has 0 aromatic heterocycles. The fourth-order valence-corrected chi connectivity index (χ4v) is 1.83. The summed E-state index contributed by atoms with van der Waals surface area (Å²) in [6.07, 6.45) is 1.05. The molecule has 0 rings (SSSR count). The van der Waals surface area contributed by atoms with Crippen molar-refractivity contribution in [2.75, 3.05) is 13.6 Å². The van der Waals surface area contributed by atoms with E-state index in [-0.39, 0.29) is 23.3 Å². The number of amides is 2. The van der Waals surface area contributed by atoms with Crippen LogP contribution in [0.15, 0.2) is 0 Å². The first kappa shape index (κ1) is 14.8. The largest absolute Gasteiger partial charge is 0.392 e. The van der Waals surface area contributed by atoms with Gasteiger partial charge in [-0.15, -0.1) is 0 Å². The predicted octanol–water partition coefficient (Wildman–Crippen LogP) is -0.0589. The molecule has 4 N–H and O–H groups in total. The third-order valence-corrected chi connectivity index (χ3v) is 3.19. The molecule has 0 unspecified atom stereocenters. The number of hydrogen-bond acceptors (Lipinski definition) is 3. The van der Waals surface area contributed by atoms with Crippen LogP contribution in [0.5, 0.6) is 0 Å². The van der Waals surface area contributed by atoms with Gasteiger partial charge in [-0.3, -0.25) is 9.59 Å². The second-order valence-electron chi connectivity index (χ2n) is 3.51. The Hall–Kier alpha value is -1.17. The van der Waals surface area contributed by atoms with Gasteiger partial charge >= 0.3 is 0 Å². The fourth-order valence-electron chi connectivity index (χ4n) is 1.45. The van der Waals surface area contributed by atoms with Gasteiger partial charge in [0.15, 0.2) is 0 Å². The van der Waals surface area contributed by atoms with Crippen LogP contribution in [0.1, 0.15) is 26.7 Å². The first-order chi connectivity index (χ1) is 7.44. The van der Waals surface area contributed by atoms with Gasteiger partial charge in [0.05, 0.1) is 16.9 Å². The van der Waals surface area contributed by atoms with Gasteiger partial charge in [0.1, 0.15) is 0 Å². The molecule has 5 nitrogen and oxygen atoms in total. The quantitative estimate of drug-likeness (QED) is 0.572. The van der Waals surface area contributed by atoms with Gasteiger partial charge in [0.2, 0.25) is 11.8 Å². The lowest BCUT2D eigenvalue weighted by atomic mass is 9.81. The monoisotopic (exact) mass is 245 g/mol. The third kappa shape index (κ3) is 3.16. The van der Waals surface area contributed by atoms with Crippen LogP contribution in [0.4, 0.5) is 0 Å². The molecular weight excluding hydrogens is 226 g/mol. The fraction of sp³-hybridized carbons (Fsp3) is 0.700. The molecule has 0 saturated heterocycles. The zero-order valence-electron chi connectivity index (χ0n) is 9.92. The van der Waals surface area contributed by atoms with Crippen LogP contribution in [0, 0.1) is 5.41 Å². The van der Waals surface area contributed by atoms with Crippen molar-refractivity contribution >= 4 is 29.0 Å². The zero-order valence-corrected chi connectivity index (χ0v) is 10.7. The Labute approximate surface area is 101 Å². The van der Waals surface area contributed by atoms with Crippen LogP contribution in [-0.2, 0) is 9.59 Å². The second kappa shape index (κ2) is 6.42. The Bertz CT molecular complexity index is 288. The molecule has 0 bridgehead atoms. The van der Waals surface area contributed by atoms with Gasteiger partial charge in [0.25, 0.3) is 0 Å². The smallest absolute Gasteiger partial charge is 0.239 e. The molecule has 6 heteroatoms. The lowest BCUT2D eigenvalue weighted by Crippen LogP contribution is -2.50. The number of carbonyl (C=O) groups excluding carboxylic acids is 2. The number of rotatable bonds is 6. The molecule has 0 saturated carbocycles. The second-order valence-corrected chi connectivity index (χ2v) is 3.95. The van der Waals surface area contributed by atoms with Gasteiger partial charge in [-0.2, -0.15) is 0 Å². The highest BCUT2D eigenvalue weighted by atomic mass is 32.1. The minimum atomic E-state index is -0.844. The topological polar surface area (TPSA) is 84.2 Å². The van der Waals surface area contributed by atoms with E-state index in [0.717, 1.165) is 0 Å². The van der Waals surface area contributed by atoms with E-state index < -0.39 is 5.41 Å². The number of nitrogens with one attached hydrogen (secondary N) is 2. The van der Waals surface area contributed by atoms with E-state index in [1.54, 1.807) is 0 Å². The van der Waals surface area contributed by atoms with Crippen molar-refractivity contribution in [2.45, 2.75) is 26.7 Å². The first-order valence-corrected chi connectivity index (χ1v) is 5.64. The van der Waals surface area contributed by atoms with Crippen molar-refractivity contribution in [1.29, 1.82) is 0 Å². The van der Waals surface area contributed by atoms with Crippen molar-refractivity contribution < 1.29 is 9.59 Å². The van der Waals surface area contributed by atoms with E-state index in [4.69, 9.17) is 18.0 Å². The van der Waals surface area contributed by atoms with Crippen LogP contribution < -0.4 is 16.4 Å². The van der Waals surface area contributed by atoms with Crippen LogP contribution in [-0.4, -0.2) is 30.4 Å². The molecule has 0 aliphatic rings.